The first-order chi connectivity index (χ1) is 14.1. The van der Waals surface area contributed by atoms with Crippen molar-refractivity contribution in [1.82, 2.24) is 21.3 Å². The van der Waals surface area contributed by atoms with Gasteiger partial charge in [0.25, 0.3) is 0 Å². The van der Waals surface area contributed by atoms with Gasteiger partial charge in [0.05, 0.1) is 0 Å². The van der Waals surface area contributed by atoms with E-state index in [1.165, 1.54) is 11.1 Å². The van der Waals surface area contributed by atoms with Crippen molar-refractivity contribution in [2.24, 2.45) is 0 Å². The van der Waals surface area contributed by atoms with E-state index in [2.05, 4.69) is 39.5 Å². The summed E-state index contributed by atoms with van der Waals surface area (Å²) in [6, 6.07) is 15.8. The number of urea groups is 1. The summed E-state index contributed by atoms with van der Waals surface area (Å²) in [5.74, 6) is -0.0940. The number of carbonyl (C=O) groups excluding carboxylic acids is 2. The van der Waals surface area contributed by atoms with Gasteiger partial charge in [-0.05, 0) is 35.1 Å². The summed E-state index contributed by atoms with van der Waals surface area (Å²) in [6.45, 7) is 2.70. The van der Waals surface area contributed by atoms with Gasteiger partial charge in [-0.15, -0.1) is 0 Å². The summed E-state index contributed by atoms with van der Waals surface area (Å²) in [6.07, 6.45) is 3.23. The fourth-order valence-electron chi connectivity index (χ4n) is 4.24. The molecule has 1 fully saturated rings. The third-order valence-electron chi connectivity index (χ3n) is 5.90. The molecule has 2 aromatic rings. The van der Waals surface area contributed by atoms with Gasteiger partial charge < -0.3 is 21.3 Å². The van der Waals surface area contributed by atoms with Crippen LogP contribution in [-0.4, -0.2) is 17.5 Å². The number of fused-ring (bicyclic) bond motifs is 1. The summed E-state index contributed by atoms with van der Waals surface area (Å²) in [7, 11) is 0. The third-order valence-corrected chi connectivity index (χ3v) is 5.90. The molecule has 1 saturated carbocycles. The maximum atomic E-state index is 13.0. The van der Waals surface area contributed by atoms with E-state index in [4.69, 9.17) is 0 Å². The summed E-state index contributed by atoms with van der Waals surface area (Å²) in [5, 5.41) is 12.2. The van der Waals surface area contributed by atoms with Gasteiger partial charge in [-0.1, -0.05) is 61.4 Å². The predicted molar refractivity (Wildman–Crippen MR) is 112 cm³/mol. The number of amides is 3. The molecule has 4 N–H and O–H groups in total. The van der Waals surface area contributed by atoms with E-state index in [9.17, 15) is 9.59 Å². The molecule has 4 rings (SSSR count). The maximum Gasteiger partial charge on any atom is 0.315 e. The second kappa shape index (κ2) is 8.66. The molecule has 0 spiro atoms. The smallest absolute Gasteiger partial charge is 0.315 e. The highest BCUT2D eigenvalue weighted by molar-refractivity contribution is 5.91. The standard InChI is InChI=1S/C23H28N4O2/c28-21(25-14-18-8-9-19-15-24-16-20(19)12-18)23(10-4-5-11-23)27-22(29)26-13-17-6-2-1-3-7-17/h1-3,6-9,12,24H,4-5,10-11,13-16H2,(H,25,28)(H2,26,27,29). The van der Waals surface area contributed by atoms with Crippen molar-refractivity contribution in [2.75, 3.05) is 0 Å². The van der Waals surface area contributed by atoms with Crippen LogP contribution in [0.3, 0.4) is 0 Å². The highest BCUT2D eigenvalue weighted by atomic mass is 16.2. The topological polar surface area (TPSA) is 82.3 Å². The number of rotatable bonds is 6. The minimum absolute atomic E-state index is 0.0940. The van der Waals surface area contributed by atoms with Crippen LogP contribution in [0.5, 0.6) is 0 Å². The molecule has 0 atom stereocenters. The van der Waals surface area contributed by atoms with Crippen molar-refractivity contribution in [3.63, 3.8) is 0 Å². The van der Waals surface area contributed by atoms with E-state index in [0.717, 1.165) is 37.1 Å². The number of benzene rings is 2. The third kappa shape index (κ3) is 4.59. The van der Waals surface area contributed by atoms with E-state index in [-0.39, 0.29) is 11.9 Å². The molecule has 1 heterocycles. The minimum Gasteiger partial charge on any atom is -0.350 e. The summed E-state index contributed by atoms with van der Waals surface area (Å²) < 4.78 is 0. The van der Waals surface area contributed by atoms with E-state index in [1.54, 1.807) is 0 Å². The molecule has 1 aliphatic carbocycles. The zero-order chi connectivity index (χ0) is 20.1. The fourth-order valence-corrected chi connectivity index (χ4v) is 4.24. The Labute approximate surface area is 171 Å². The van der Waals surface area contributed by atoms with Crippen LogP contribution in [0.15, 0.2) is 48.5 Å². The summed E-state index contributed by atoms with van der Waals surface area (Å²) in [5.41, 5.74) is 3.91. The molecule has 1 aliphatic heterocycles. The first-order valence-electron chi connectivity index (χ1n) is 10.3. The lowest BCUT2D eigenvalue weighted by Crippen LogP contribution is -2.59. The van der Waals surface area contributed by atoms with Crippen LogP contribution in [0.25, 0.3) is 0 Å². The van der Waals surface area contributed by atoms with Crippen molar-refractivity contribution in [3.05, 3.63) is 70.8 Å². The van der Waals surface area contributed by atoms with Gasteiger partial charge in [0.2, 0.25) is 5.91 Å². The van der Waals surface area contributed by atoms with E-state index < -0.39 is 5.54 Å². The Bertz CT molecular complexity index is 876. The number of hydrogen-bond donors (Lipinski definition) is 4. The monoisotopic (exact) mass is 392 g/mol. The van der Waals surface area contributed by atoms with Crippen molar-refractivity contribution >= 4 is 11.9 Å². The zero-order valence-corrected chi connectivity index (χ0v) is 16.6. The Kier molecular flexibility index (Phi) is 5.81. The Morgan fingerprint density at radius 2 is 1.59 bits per heavy atom. The molecule has 0 bridgehead atoms. The molecule has 3 amide bonds. The van der Waals surface area contributed by atoms with E-state index in [0.29, 0.717) is 25.9 Å². The van der Waals surface area contributed by atoms with E-state index >= 15 is 0 Å². The first kappa shape index (κ1) is 19.5. The van der Waals surface area contributed by atoms with Crippen LogP contribution in [0, 0.1) is 0 Å². The summed E-state index contributed by atoms with van der Waals surface area (Å²) >= 11 is 0. The van der Waals surface area contributed by atoms with Crippen LogP contribution >= 0.6 is 0 Å². The molecule has 0 radical (unpaired) electrons. The molecular weight excluding hydrogens is 364 g/mol. The van der Waals surface area contributed by atoms with E-state index in [1.807, 2.05) is 30.3 Å². The van der Waals surface area contributed by atoms with Crippen LogP contribution in [0.2, 0.25) is 0 Å². The van der Waals surface area contributed by atoms with Gasteiger partial charge in [0.1, 0.15) is 5.54 Å². The van der Waals surface area contributed by atoms with Crippen LogP contribution in [0.4, 0.5) is 4.79 Å². The van der Waals surface area contributed by atoms with Gasteiger partial charge in [-0.2, -0.15) is 0 Å². The normalized spacial score (nSPS) is 16.8. The molecule has 2 aliphatic rings. The molecule has 152 valence electrons. The zero-order valence-electron chi connectivity index (χ0n) is 16.6. The molecule has 6 heteroatoms. The van der Waals surface area contributed by atoms with Gasteiger partial charge >= 0.3 is 6.03 Å². The Hall–Kier alpha value is -2.86. The fraction of sp³-hybridized carbons (Fsp3) is 0.391. The first-order valence-corrected chi connectivity index (χ1v) is 10.3. The molecule has 0 saturated heterocycles. The lowest BCUT2D eigenvalue weighted by atomic mass is 9.96. The molecule has 2 aromatic carbocycles. The van der Waals surface area contributed by atoms with Crippen molar-refractivity contribution < 1.29 is 9.59 Å². The molecule has 29 heavy (non-hydrogen) atoms. The molecule has 6 nitrogen and oxygen atoms in total. The quantitative estimate of drug-likeness (QED) is 0.610. The van der Waals surface area contributed by atoms with Crippen molar-refractivity contribution in [1.29, 1.82) is 0 Å². The van der Waals surface area contributed by atoms with Gasteiger partial charge in [0, 0.05) is 26.2 Å². The van der Waals surface area contributed by atoms with Crippen LogP contribution in [-0.2, 0) is 31.0 Å². The second-order valence-corrected chi connectivity index (χ2v) is 7.97. The maximum absolute atomic E-state index is 13.0. The number of nitrogens with one attached hydrogen (secondary N) is 4. The summed E-state index contributed by atoms with van der Waals surface area (Å²) in [4.78, 5) is 25.5. The van der Waals surface area contributed by atoms with Crippen LogP contribution < -0.4 is 21.3 Å². The Morgan fingerprint density at radius 3 is 2.38 bits per heavy atom. The Balaban J connectivity index is 1.34. The average Bonchev–Trinajstić information content (AvgIpc) is 3.41. The van der Waals surface area contributed by atoms with Gasteiger partial charge in [-0.25, -0.2) is 4.79 Å². The SMILES string of the molecule is O=C(NCc1ccccc1)NC1(C(=O)NCc2ccc3c(c2)CNC3)CCCC1. The van der Waals surface area contributed by atoms with Crippen molar-refractivity contribution in [3.8, 4) is 0 Å². The largest absolute Gasteiger partial charge is 0.350 e. The molecule has 0 aromatic heterocycles. The second-order valence-electron chi connectivity index (χ2n) is 7.97. The highest BCUT2D eigenvalue weighted by Crippen LogP contribution is 2.30. The van der Waals surface area contributed by atoms with Gasteiger partial charge in [0.15, 0.2) is 0 Å². The Morgan fingerprint density at radius 1 is 0.862 bits per heavy atom. The van der Waals surface area contributed by atoms with Crippen LogP contribution in [0.1, 0.15) is 47.9 Å². The number of carbonyl (C=O) groups is 2. The molecule has 0 unspecified atom stereocenters. The highest BCUT2D eigenvalue weighted by Gasteiger charge is 2.42. The lowest BCUT2D eigenvalue weighted by molar-refractivity contribution is -0.127. The predicted octanol–water partition coefficient (Wildman–Crippen LogP) is 2.72. The lowest BCUT2D eigenvalue weighted by Gasteiger charge is -2.29. The molecular formula is C23H28N4O2. The van der Waals surface area contributed by atoms with Gasteiger partial charge in [-0.3, -0.25) is 4.79 Å². The van der Waals surface area contributed by atoms with Crippen molar-refractivity contribution in [2.45, 2.75) is 57.4 Å². The minimum atomic E-state index is -0.820. The number of hydrogen-bond acceptors (Lipinski definition) is 3. The average molecular weight is 393 g/mol.